The molecule has 6 nitrogen and oxygen atoms in total. The van der Waals surface area contributed by atoms with Crippen LogP contribution in [-0.2, 0) is 4.74 Å². The molecule has 178 valence electrons. The van der Waals surface area contributed by atoms with Crippen molar-refractivity contribution in [2.45, 2.75) is 32.7 Å². The van der Waals surface area contributed by atoms with Crippen molar-refractivity contribution in [3.8, 4) is 11.1 Å². The lowest BCUT2D eigenvalue weighted by Crippen LogP contribution is -2.27. The molecule has 5 heterocycles. The summed E-state index contributed by atoms with van der Waals surface area (Å²) in [5.41, 5.74) is 6.48. The molecule has 1 saturated heterocycles. The minimum atomic E-state index is -0.253. The number of halogens is 2. The third-order valence-corrected chi connectivity index (χ3v) is 7.22. The Kier molecular flexibility index (Phi) is 5.54. The zero-order valence-electron chi connectivity index (χ0n) is 19.5. The average Bonchev–Trinajstić information content (AvgIpc) is 3.36. The Bertz CT molecular complexity index is 1520. The molecule has 0 N–H and O–H groups in total. The molecule has 0 saturated carbocycles. The van der Waals surface area contributed by atoms with Crippen LogP contribution in [-0.4, -0.2) is 32.9 Å². The molecule has 0 aliphatic carbocycles. The summed E-state index contributed by atoms with van der Waals surface area (Å²) in [6.07, 6.45) is 5.44. The van der Waals surface area contributed by atoms with Crippen molar-refractivity contribution in [3.05, 3.63) is 76.8 Å². The number of aromatic nitrogens is 4. The largest absolute Gasteiger partial charge is 0.381 e. The normalized spacial score (nSPS) is 15.8. The first-order valence-electron chi connectivity index (χ1n) is 11.7. The van der Waals surface area contributed by atoms with Gasteiger partial charge in [0, 0.05) is 42.1 Å². The van der Waals surface area contributed by atoms with Gasteiger partial charge in [-0.2, -0.15) is 0 Å². The molecular weight excluding hydrogens is 467 g/mol. The van der Waals surface area contributed by atoms with Gasteiger partial charge in [-0.15, -0.1) is 0 Å². The van der Waals surface area contributed by atoms with Gasteiger partial charge < -0.3 is 13.8 Å². The van der Waals surface area contributed by atoms with Gasteiger partial charge in [0.25, 0.3) is 0 Å². The summed E-state index contributed by atoms with van der Waals surface area (Å²) in [7, 11) is 0. The smallest absolute Gasteiger partial charge is 0.141 e. The maximum absolute atomic E-state index is 13.9. The van der Waals surface area contributed by atoms with Crippen LogP contribution >= 0.6 is 11.6 Å². The molecule has 8 heteroatoms. The van der Waals surface area contributed by atoms with Crippen molar-refractivity contribution >= 4 is 33.5 Å². The standard InChI is InChI=1S/C27H24ClFN4O2/c1-15-25(16(2)35-32-15)19-11-23-26(31-13-19)21-14-30-24(28)12-22(21)33(23)27(18-7-9-34-10-8-18)17-3-5-20(29)6-4-17/h3-6,11-14,18,27H,7-10H2,1-2H3/t27-/m1/s1. The lowest BCUT2D eigenvalue weighted by molar-refractivity contribution is 0.0552. The lowest BCUT2D eigenvalue weighted by Gasteiger charge is -2.33. The lowest BCUT2D eigenvalue weighted by atomic mass is 9.86. The van der Waals surface area contributed by atoms with Crippen LogP contribution in [0, 0.1) is 25.6 Å². The van der Waals surface area contributed by atoms with Crippen molar-refractivity contribution in [3.63, 3.8) is 0 Å². The van der Waals surface area contributed by atoms with E-state index < -0.39 is 0 Å². The second kappa shape index (κ2) is 8.73. The van der Waals surface area contributed by atoms with Crippen molar-refractivity contribution in [1.29, 1.82) is 0 Å². The van der Waals surface area contributed by atoms with Crippen LogP contribution in [0.3, 0.4) is 0 Å². The quantitative estimate of drug-likeness (QED) is 0.263. The van der Waals surface area contributed by atoms with Gasteiger partial charge in [-0.1, -0.05) is 28.9 Å². The number of hydrogen-bond acceptors (Lipinski definition) is 5. The summed E-state index contributed by atoms with van der Waals surface area (Å²) < 4.78 is 27.3. The number of benzene rings is 1. The van der Waals surface area contributed by atoms with E-state index in [0.29, 0.717) is 24.3 Å². The molecule has 1 aliphatic heterocycles. The summed E-state index contributed by atoms with van der Waals surface area (Å²) in [5, 5.41) is 5.47. The molecule has 5 aromatic rings. The van der Waals surface area contributed by atoms with E-state index in [-0.39, 0.29) is 11.9 Å². The van der Waals surface area contributed by atoms with Crippen LogP contribution < -0.4 is 0 Å². The second-order valence-electron chi connectivity index (χ2n) is 9.13. The SMILES string of the molecule is Cc1noc(C)c1-c1cnc2c3cnc(Cl)cc3n([C@H](c3ccc(F)cc3)C3CCOCC3)c2c1. The van der Waals surface area contributed by atoms with E-state index in [2.05, 4.69) is 20.8 Å². The van der Waals surface area contributed by atoms with Crippen LogP contribution in [0.1, 0.15) is 35.9 Å². The first-order valence-corrected chi connectivity index (χ1v) is 12.1. The molecule has 0 amide bonds. The van der Waals surface area contributed by atoms with E-state index >= 15 is 0 Å². The van der Waals surface area contributed by atoms with Crippen LogP contribution in [0.15, 0.2) is 53.3 Å². The number of rotatable bonds is 4. The van der Waals surface area contributed by atoms with Crippen molar-refractivity contribution in [2.75, 3.05) is 13.2 Å². The molecule has 1 aliphatic rings. The summed E-state index contributed by atoms with van der Waals surface area (Å²) in [5.74, 6) is 0.787. The number of aryl methyl sites for hydroxylation is 2. The van der Waals surface area contributed by atoms with Crippen molar-refractivity contribution < 1.29 is 13.7 Å². The third-order valence-electron chi connectivity index (χ3n) is 7.01. The van der Waals surface area contributed by atoms with E-state index in [1.807, 2.05) is 38.2 Å². The predicted octanol–water partition coefficient (Wildman–Crippen LogP) is 6.66. The fourth-order valence-corrected chi connectivity index (χ4v) is 5.58. The van der Waals surface area contributed by atoms with E-state index in [1.165, 1.54) is 12.1 Å². The summed E-state index contributed by atoms with van der Waals surface area (Å²) in [4.78, 5) is 9.22. The molecule has 0 spiro atoms. The van der Waals surface area contributed by atoms with Gasteiger partial charge in [-0.25, -0.2) is 9.37 Å². The summed E-state index contributed by atoms with van der Waals surface area (Å²) in [6.45, 7) is 5.23. The second-order valence-corrected chi connectivity index (χ2v) is 9.52. The molecule has 35 heavy (non-hydrogen) atoms. The highest BCUT2D eigenvalue weighted by Gasteiger charge is 2.30. The third kappa shape index (κ3) is 3.79. The summed E-state index contributed by atoms with van der Waals surface area (Å²) in [6, 6.07) is 10.8. The van der Waals surface area contributed by atoms with Gasteiger partial charge in [-0.3, -0.25) is 4.98 Å². The number of nitrogens with zero attached hydrogens (tertiary/aromatic N) is 4. The van der Waals surface area contributed by atoms with Gasteiger partial charge in [-0.05, 0) is 62.4 Å². The molecule has 0 unspecified atom stereocenters. The molecule has 1 aromatic carbocycles. The monoisotopic (exact) mass is 490 g/mol. The molecular formula is C27H24ClFN4O2. The molecule has 6 rings (SSSR count). The van der Waals surface area contributed by atoms with Crippen molar-refractivity contribution in [1.82, 2.24) is 19.7 Å². The van der Waals surface area contributed by atoms with E-state index in [0.717, 1.165) is 62.9 Å². The molecule has 1 fully saturated rings. The van der Waals surface area contributed by atoms with Crippen molar-refractivity contribution in [2.24, 2.45) is 5.92 Å². The Morgan fingerprint density at radius 1 is 1.03 bits per heavy atom. The zero-order chi connectivity index (χ0) is 24.1. The highest BCUT2D eigenvalue weighted by atomic mass is 35.5. The van der Waals surface area contributed by atoms with E-state index in [9.17, 15) is 4.39 Å². The van der Waals surface area contributed by atoms with Crippen LogP contribution in [0.25, 0.3) is 33.1 Å². The Morgan fingerprint density at radius 2 is 1.80 bits per heavy atom. The maximum atomic E-state index is 13.9. The van der Waals surface area contributed by atoms with Gasteiger partial charge >= 0.3 is 0 Å². The fraction of sp³-hybridized carbons (Fsp3) is 0.296. The molecule has 4 aromatic heterocycles. The molecule has 1 atom stereocenters. The molecule has 0 bridgehead atoms. The topological polar surface area (TPSA) is 66.0 Å². The minimum Gasteiger partial charge on any atom is -0.381 e. The van der Waals surface area contributed by atoms with Crippen LogP contribution in [0.4, 0.5) is 4.39 Å². The number of fused-ring (bicyclic) bond motifs is 3. The fourth-order valence-electron chi connectivity index (χ4n) is 5.43. The van der Waals surface area contributed by atoms with Gasteiger partial charge in [0.05, 0.1) is 28.3 Å². The highest BCUT2D eigenvalue weighted by Crippen LogP contribution is 2.41. The van der Waals surface area contributed by atoms with E-state index in [1.54, 1.807) is 6.20 Å². The predicted molar refractivity (Wildman–Crippen MR) is 133 cm³/mol. The van der Waals surface area contributed by atoms with E-state index in [4.69, 9.17) is 25.8 Å². The van der Waals surface area contributed by atoms with Crippen LogP contribution in [0.2, 0.25) is 5.15 Å². The first kappa shape index (κ1) is 22.2. The maximum Gasteiger partial charge on any atom is 0.141 e. The van der Waals surface area contributed by atoms with Crippen LogP contribution in [0.5, 0.6) is 0 Å². The number of pyridine rings is 2. The van der Waals surface area contributed by atoms with Gasteiger partial charge in [0.15, 0.2) is 0 Å². The Labute approximate surface area is 206 Å². The zero-order valence-corrected chi connectivity index (χ0v) is 20.2. The number of ether oxygens (including phenoxy) is 1. The highest BCUT2D eigenvalue weighted by molar-refractivity contribution is 6.30. The van der Waals surface area contributed by atoms with Gasteiger partial charge in [0.1, 0.15) is 16.7 Å². The molecule has 0 radical (unpaired) electrons. The van der Waals surface area contributed by atoms with Gasteiger partial charge in [0.2, 0.25) is 0 Å². The average molecular weight is 491 g/mol. The minimum absolute atomic E-state index is 0.0558. The number of hydrogen-bond donors (Lipinski definition) is 0. The Balaban J connectivity index is 1.67. The Morgan fingerprint density at radius 3 is 2.51 bits per heavy atom. The first-order chi connectivity index (χ1) is 17.0. The summed E-state index contributed by atoms with van der Waals surface area (Å²) >= 11 is 6.39. The Hall–Kier alpha value is -3.29.